The molecule has 0 spiro atoms. The van der Waals surface area contributed by atoms with Gasteiger partial charge in [-0.05, 0) is 32.0 Å². The molecule has 1 unspecified atom stereocenters. The van der Waals surface area contributed by atoms with Crippen molar-refractivity contribution in [1.29, 1.82) is 5.26 Å². The molecule has 1 aromatic carbocycles. The molecule has 4 heterocycles. The van der Waals surface area contributed by atoms with Crippen LogP contribution in [0.1, 0.15) is 24.2 Å². The zero-order valence-electron chi connectivity index (χ0n) is 19.6. The number of amides is 2. The van der Waals surface area contributed by atoms with Gasteiger partial charge in [-0.15, -0.1) is 0 Å². The molecule has 3 aromatic heterocycles. The summed E-state index contributed by atoms with van der Waals surface area (Å²) in [6, 6.07) is 6.71. The van der Waals surface area contributed by atoms with E-state index in [0.717, 1.165) is 10.9 Å². The van der Waals surface area contributed by atoms with Crippen molar-refractivity contribution in [3.8, 4) is 17.5 Å². The minimum absolute atomic E-state index is 0.157. The number of hydrogen-bond acceptors (Lipinski definition) is 7. The van der Waals surface area contributed by atoms with Crippen LogP contribution in [0.2, 0.25) is 5.02 Å². The second-order valence-electron chi connectivity index (χ2n) is 8.96. The first-order valence-corrected chi connectivity index (χ1v) is 11.8. The molecule has 36 heavy (non-hydrogen) atoms. The second-order valence-corrected chi connectivity index (χ2v) is 9.40. The van der Waals surface area contributed by atoms with E-state index >= 15 is 0 Å². The van der Waals surface area contributed by atoms with Gasteiger partial charge in [0.2, 0.25) is 5.91 Å². The van der Waals surface area contributed by atoms with Crippen LogP contribution in [-0.2, 0) is 11.3 Å². The third kappa shape index (κ3) is 4.25. The molecule has 1 saturated heterocycles. The van der Waals surface area contributed by atoms with Crippen LogP contribution < -0.4 is 5.32 Å². The van der Waals surface area contributed by atoms with Gasteiger partial charge in [-0.25, -0.2) is 9.97 Å². The van der Waals surface area contributed by atoms with Crippen molar-refractivity contribution in [3.05, 3.63) is 41.2 Å². The summed E-state index contributed by atoms with van der Waals surface area (Å²) in [4.78, 5) is 39.1. The highest BCUT2D eigenvalue weighted by molar-refractivity contribution is 6.31. The number of carbonyl (C=O) groups is 2. The molecule has 0 radical (unpaired) electrons. The van der Waals surface area contributed by atoms with Crippen LogP contribution in [0.4, 0.5) is 0 Å². The Morgan fingerprint density at radius 3 is 2.86 bits per heavy atom. The molecule has 0 saturated carbocycles. The number of hydrogen-bond donors (Lipinski definition) is 3. The number of halogens is 1. The Kier molecular flexibility index (Phi) is 6.07. The zero-order chi connectivity index (χ0) is 25.6. The van der Waals surface area contributed by atoms with Gasteiger partial charge >= 0.3 is 0 Å². The van der Waals surface area contributed by atoms with Crippen molar-refractivity contribution in [2.45, 2.75) is 32.5 Å². The van der Waals surface area contributed by atoms with Crippen molar-refractivity contribution < 1.29 is 14.7 Å². The van der Waals surface area contributed by atoms with E-state index in [1.165, 1.54) is 6.20 Å². The van der Waals surface area contributed by atoms with E-state index < -0.39 is 18.1 Å². The number of aliphatic hydroxyl groups is 1. The molecule has 184 valence electrons. The first-order valence-electron chi connectivity index (χ1n) is 11.4. The van der Waals surface area contributed by atoms with Crippen molar-refractivity contribution in [1.82, 2.24) is 34.9 Å². The summed E-state index contributed by atoms with van der Waals surface area (Å²) in [5.74, 6) is -0.868. The molecule has 11 nitrogen and oxygen atoms in total. The second kappa shape index (κ2) is 9.22. The summed E-state index contributed by atoms with van der Waals surface area (Å²) in [5, 5.41) is 27.5. The molecule has 2 atom stereocenters. The molecular formula is C24H23ClN8O3. The number of aliphatic hydroxyl groups excluding tert-OH is 1. The fourth-order valence-corrected chi connectivity index (χ4v) is 4.42. The Morgan fingerprint density at radius 1 is 1.36 bits per heavy atom. The zero-order valence-corrected chi connectivity index (χ0v) is 20.3. The normalized spacial score (nSPS) is 15.5. The SMILES string of the molecule is CC(O)Cn1nc(-c2cnc3[nH]cc(C(=O)N[C@H](C)C(=O)N4CC(C#N)C4)c3n2)c2ccc(Cl)cc21. The summed E-state index contributed by atoms with van der Waals surface area (Å²) >= 11 is 6.19. The Bertz CT molecular complexity index is 1530. The van der Waals surface area contributed by atoms with E-state index in [9.17, 15) is 14.7 Å². The van der Waals surface area contributed by atoms with Crippen molar-refractivity contribution in [3.63, 3.8) is 0 Å². The highest BCUT2D eigenvalue weighted by Gasteiger charge is 2.33. The maximum Gasteiger partial charge on any atom is 0.255 e. The molecule has 4 aromatic rings. The number of nitrogens with zero attached hydrogens (tertiary/aromatic N) is 6. The molecule has 0 aliphatic carbocycles. The number of H-pyrrole nitrogens is 1. The smallest absolute Gasteiger partial charge is 0.255 e. The van der Waals surface area contributed by atoms with E-state index in [4.69, 9.17) is 16.9 Å². The topological polar surface area (TPSA) is 153 Å². The predicted molar refractivity (Wildman–Crippen MR) is 132 cm³/mol. The van der Waals surface area contributed by atoms with Crippen LogP contribution in [0.3, 0.4) is 0 Å². The number of aromatic amines is 1. The van der Waals surface area contributed by atoms with Gasteiger partial charge in [0.25, 0.3) is 5.91 Å². The van der Waals surface area contributed by atoms with Crippen LogP contribution in [-0.4, -0.2) is 71.8 Å². The van der Waals surface area contributed by atoms with Gasteiger partial charge in [-0.3, -0.25) is 14.3 Å². The van der Waals surface area contributed by atoms with Crippen LogP contribution in [0, 0.1) is 17.2 Å². The summed E-state index contributed by atoms with van der Waals surface area (Å²) in [6.45, 7) is 4.29. The van der Waals surface area contributed by atoms with E-state index in [1.54, 1.807) is 41.8 Å². The minimum atomic E-state index is -0.761. The molecule has 3 N–H and O–H groups in total. The lowest BCUT2D eigenvalue weighted by atomic mass is 10.0. The summed E-state index contributed by atoms with van der Waals surface area (Å²) in [7, 11) is 0. The number of nitrogens with one attached hydrogen (secondary N) is 2. The predicted octanol–water partition coefficient (Wildman–Crippen LogP) is 2.11. The largest absolute Gasteiger partial charge is 0.391 e. The van der Waals surface area contributed by atoms with Crippen molar-refractivity contribution in [2.75, 3.05) is 13.1 Å². The van der Waals surface area contributed by atoms with Gasteiger partial charge in [0, 0.05) is 29.7 Å². The van der Waals surface area contributed by atoms with Crippen LogP contribution in [0.25, 0.3) is 33.5 Å². The number of carbonyl (C=O) groups excluding carboxylic acids is 2. The van der Waals surface area contributed by atoms with Gasteiger partial charge in [0.1, 0.15) is 22.9 Å². The molecule has 1 aliphatic rings. The summed E-state index contributed by atoms with van der Waals surface area (Å²) in [5.41, 5.74) is 2.72. The average Bonchev–Trinajstić information content (AvgIpc) is 3.39. The number of rotatable bonds is 6. The summed E-state index contributed by atoms with van der Waals surface area (Å²) in [6.07, 6.45) is 2.44. The first kappa shape index (κ1) is 23.7. The van der Waals surface area contributed by atoms with E-state index in [-0.39, 0.29) is 23.9 Å². The third-order valence-electron chi connectivity index (χ3n) is 6.11. The highest BCUT2D eigenvalue weighted by atomic mass is 35.5. The number of likely N-dealkylation sites (tertiary alicyclic amines) is 1. The quantitative estimate of drug-likeness (QED) is 0.362. The van der Waals surface area contributed by atoms with Gasteiger partial charge in [0.15, 0.2) is 5.65 Å². The molecular weight excluding hydrogens is 484 g/mol. The summed E-state index contributed by atoms with van der Waals surface area (Å²) < 4.78 is 1.66. The highest BCUT2D eigenvalue weighted by Crippen LogP contribution is 2.30. The molecule has 12 heteroatoms. The maximum absolute atomic E-state index is 13.0. The van der Waals surface area contributed by atoms with Crippen molar-refractivity contribution in [2.24, 2.45) is 5.92 Å². The minimum Gasteiger partial charge on any atom is -0.391 e. The Hall–Kier alpha value is -4.01. The molecule has 5 rings (SSSR count). The van der Waals surface area contributed by atoms with Crippen LogP contribution in [0.5, 0.6) is 0 Å². The Balaban J connectivity index is 1.45. The third-order valence-corrected chi connectivity index (χ3v) is 6.35. The van der Waals surface area contributed by atoms with Gasteiger partial charge in [-0.2, -0.15) is 10.4 Å². The molecule has 1 aliphatic heterocycles. The Morgan fingerprint density at radius 2 is 2.14 bits per heavy atom. The first-order chi connectivity index (χ1) is 17.2. The Labute approximate surface area is 210 Å². The van der Waals surface area contributed by atoms with Crippen LogP contribution in [0.15, 0.2) is 30.6 Å². The average molecular weight is 507 g/mol. The molecule has 0 bridgehead atoms. The standard InChI is InChI=1S/C24H23ClN8O3/c1-12(34)9-33-19-5-15(25)3-4-16(19)20(31-33)18-8-28-22-21(30-18)17(7-27-22)23(35)29-13(2)24(36)32-10-14(6-26)11-32/h3-5,7-8,12-14,34H,9-11H2,1-2H3,(H,27,28)(H,29,35)/t12?,13-/m1/s1. The van der Waals surface area contributed by atoms with E-state index in [1.807, 2.05) is 6.07 Å². The molecule has 1 fully saturated rings. The van der Waals surface area contributed by atoms with E-state index in [2.05, 4.69) is 31.4 Å². The van der Waals surface area contributed by atoms with Gasteiger partial charge in [-0.1, -0.05) is 11.6 Å². The lowest BCUT2D eigenvalue weighted by molar-refractivity contribution is -0.137. The van der Waals surface area contributed by atoms with Crippen molar-refractivity contribution >= 4 is 45.5 Å². The number of nitriles is 1. The maximum atomic E-state index is 13.0. The van der Waals surface area contributed by atoms with Gasteiger partial charge < -0.3 is 20.3 Å². The number of aromatic nitrogens is 5. The fourth-order valence-electron chi connectivity index (χ4n) is 4.25. The molecule has 2 amide bonds. The monoisotopic (exact) mass is 506 g/mol. The number of fused-ring (bicyclic) bond motifs is 2. The lowest BCUT2D eigenvalue weighted by Crippen LogP contribution is -2.55. The fraction of sp³-hybridized carbons (Fsp3) is 0.333. The van der Waals surface area contributed by atoms with E-state index in [0.29, 0.717) is 40.7 Å². The number of benzene rings is 1. The van der Waals surface area contributed by atoms with Crippen LogP contribution >= 0.6 is 11.6 Å². The van der Waals surface area contributed by atoms with Gasteiger partial charge in [0.05, 0.1) is 41.9 Å². The lowest BCUT2D eigenvalue weighted by Gasteiger charge is -2.37.